The highest BCUT2D eigenvalue weighted by atomic mass is 32.2. The molecular formula is C23H26N2O4S. The Morgan fingerprint density at radius 1 is 1.17 bits per heavy atom. The Bertz CT molecular complexity index is 1050. The summed E-state index contributed by atoms with van der Waals surface area (Å²) in [5.41, 5.74) is 7.99. The monoisotopic (exact) mass is 426 g/mol. The quantitative estimate of drug-likeness (QED) is 0.729. The summed E-state index contributed by atoms with van der Waals surface area (Å²) in [5, 5.41) is 9.53. The molecule has 1 aliphatic heterocycles. The Balaban J connectivity index is 1.69. The van der Waals surface area contributed by atoms with E-state index in [0.29, 0.717) is 32.5 Å². The molecule has 6 nitrogen and oxygen atoms in total. The molecule has 2 aromatic rings. The topological polar surface area (TPSA) is 110 Å². The van der Waals surface area contributed by atoms with Gasteiger partial charge in [0, 0.05) is 25.9 Å². The van der Waals surface area contributed by atoms with Crippen LogP contribution in [0.1, 0.15) is 24.8 Å². The second-order valence-electron chi connectivity index (χ2n) is 7.92. The van der Waals surface area contributed by atoms with Crippen LogP contribution in [0.3, 0.4) is 0 Å². The average molecular weight is 427 g/mol. The van der Waals surface area contributed by atoms with Gasteiger partial charge >= 0.3 is 0 Å². The minimum atomic E-state index is -3.27. The molecule has 2 N–H and O–H groups in total. The van der Waals surface area contributed by atoms with Crippen LogP contribution < -0.4 is 5.73 Å². The number of hydrogen-bond acceptors (Lipinski definition) is 6. The Hall–Kier alpha value is -2.53. The zero-order valence-electron chi connectivity index (χ0n) is 17.0. The molecule has 7 heteroatoms. The first-order chi connectivity index (χ1) is 14.2. The van der Waals surface area contributed by atoms with Gasteiger partial charge in [-0.1, -0.05) is 36.4 Å². The lowest BCUT2D eigenvalue weighted by Gasteiger charge is -2.32. The number of Topliss-reactive ketones (excluding diaryl/α,β-unsaturated/α-hetero) is 1. The lowest BCUT2D eigenvalue weighted by Crippen LogP contribution is -2.52. The van der Waals surface area contributed by atoms with E-state index >= 15 is 0 Å². The number of nitrogens with zero attached hydrogens (tertiary/aromatic N) is 1. The number of benzene rings is 2. The molecule has 0 aromatic heterocycles. The third kappa shape index (κ3) is 5.33. The van der Waals surface area contributed by atoms with Gasteiger partial charge < -0.3 is 10.5 Å². The second-order valence-corrected chi connectivity index (χ2v) is 9.94. The third-order valence-electron chi connectivity index (χ3n) is 5.59. The number of ketones is 1. The number of sulfone groups is 1. The number of carbonyl (C=O) groups excluding carboxylic acids is 1. The summed E-state index contributed by atoms with van der Waals surface area (Å²) >= 11 is 0. The van der Waals surface area contributed by atoms with Gasteiger partial charge in [0.25, 0.3) is 0 Å². The van der Waals surface area contributed by atoms with Gasteiger partial charge in [-0.15, -0.1) is 0 Å². The van der Waals surface area contributed by atoms with Crippen LogP contribution in [0.2, 0.25) is 0 Å². The average Bonchev–Trinajstić information content (AvgIpc) is 2.73. The molecule has 1 aliphatic rings. The van der Waals surface area contributed by atoms with Crippen molar-refractivity contribution >= 4 is 15.6 Å². The van der Waals surface area contributed by atoms with Crippen LogP contribution in [0.15, 0.2) is 53.4 Å². The predicted molar refractivity (Wildman–Crippen MR) is 114 cm³/mol. The van der Waals surface area contributed by atoms with E-state index in [0.717, 1.165) is 16.7 Å². The van der Waals surface area contributed by atoms with Gasteiger partial charge in [0.1, 0.15) is 0 Å². The maximum Gasteiger partial charge on any atom is 0.175 e. The number of nitrogens with two attached hydrogens (primary N) is 1. The zero-order valence-corrected chi connectivity index (χ0v) is 17.8. The molecular weight excluding hydrogens is 400 g/mol. The molecule has 0 radical (unpaired) electrons. The van der Waals surface area contributed by atoms with Gasteiger partial charge in [-0.25, -0.2) is 8.42 Å². The Kier molecular flexibility index (Phi) is 6.71. The zero-order chi connectivity index (χ0) is 21.8. The summed E-state index contributed by atoms with van der Waals surface area (Å²) in [5.74, 6) is -0.522. The number of rotatable bonds is 7. The van der Waals surface area contributed by atoms with Crippen LogP contribution in [0.5, 0.6) is 0 Å². The normalized spacial score (nSPS) is 17.1. The number of ether oxygens (including phenoxy) is 1. The van der Waals surface area contributed by atoms with E-state index in [1.165, 1.54) is 6.26 Å². The van der Waals surface area contributed by atoms with Crippen LogP contribution in [-0.4, -0.2) is 39.2 Å². The molecule has 30 heavy (non-hydrogen) atoms. The Morgan fingerprint density at radius 2 is 1.83 bits per heavy atom. The lowest BCUT2D eigenvalue weighted by molar-refractivity contribution is -0.128. The van der Waals surface area contributed by atoms with Crippen LogP contribution in [0.4, 0.5) is 0 Å². The first-order valence-electron chi connectivity index (χ1n) is 9.90. The largest absolute Gasteiger partial charge is 0.381 e. The summed E-state index contributed by atoms with van der Waals surface area (Å²) in [6.45, 7) is 0.947. The fourth-order valence-electron chi connectivity index (χ4n) is 3.63. The maximum atomic E-state index is 12.7. The van der Waals surface area contributed by atoms with E-state index in [1.807, 2.05) is 30.3 Å². The van der Waals surface area contributed by atoms with Gasteiger partial charge in [0.2, 0.25) is 0 Å². The summed E-state index contributed by atoms with van der Waals surface area (Å²) in [6, 6.07) is 16.6. The molecule has 1 heterocycles. The van der Waals surface area contributed by atoms with Crippen molar-refractivity contribution in [2.45, 2.75) is 36.1 Å². The lowest BCUT2D eigenvalue weighted by atomic mass is 9.81. The van der Waals surface area contributed by atoms with E-state index in [1.54, 1.807) is 18.2 Å². The van der Waals surface area contributed by atoms with Gasteiger partial charge in [0.15, 0.2) is 15.6 Å². The van der Waals surface area contributed by atoms with Crippen LogP contribution in [0.25, 0.3) is 11.1 Å². The molecule has 1 fully saturated rings. The minimum Gasteiger partial charge on any atom is -0.381 e. The van der Waals surface area contributed by atoms with E-state index in [2.05, 4.69) is 6.07 Å². The highest BCUT2D eigenvalue weighted by Crippen LogP contribution is 2.26. The number of hydrogen-bond donors (Lipinski definition) is 1. The van der Waals surface area contributed by atoms with Gasteiger partial charge in [-0.2, -0.15) is 5.26 Å². The van der Waals surface area contributed by atoms with E-state index in [-0.39, 0.29) is 17.1 Å². The van der Waals surface area contributed by atoms with Crippen molar-refractivity contribution in [1.82, 2.24) is 0 Å². The Morgan fingerprint density at radius 3 is 2.43 bits per heavy atom. The minimum absolute atomic E-state index is 0.0773. The van der Waals surface area contributed by atoms with E-state index in [4.69, 9.17) is 10.5 Å². The number of nitriles is 1. The first-order valence-corrected chi connectivity index (χ1v) is 11.8. The molecule has 0 spiro atoms. The summed E-state index contributed by atoms with van der Waals surface area (Å²) < 4.78 is 28.8. The van der Waals surface area contributed by atoms with Gasteiger partial charge in [-0.3, -0.25) is 4.79 Å². The van der Waals surface area contributed by atoms with Crippen LogP contribution >= 0.6 is 0 Å². The summed E-state index contributed by atoms with van der Waals surface area (Å²) in [6.07, 6.45) is 2.75. The fourth-order valence-corrected chi connectivity index (χ4v) is 4.30. The van der Waals surface area contributed by atoms with Crippen molar-refractivity contribution in [3.63, 3.8) is 0 Å². The molecule has 0 saturated carbocycles. The fraction of sp³-hybridized carbons (Fsp3) is 0.391. The maximum absolute atomic E-state index is 12.7. The predicted octanol–water partition coefficient (Wildman–Crippen LogP) is 2.91. The molecule has 0 amide bonds. The molecule has 3 rings (SSSR count). The Labute approximate surface area is 177 Å². The highest BCUT2D eigenvalue weighted by Gasteiger charge is 2.36. The van der Waals surface area contributed by atoms with Crippen molar-refractivity contribution < 1.29 is 17.9 Å². The molecule has 0 bridgehead atoms. The first kappa shape index (κ1) is 22.2. The van der Waals surface area contributed by atoms with Crippen molar-refractivity contribution in [3.8, 4) is 17.2 Å². The molecule has 1 saturated heterocycles. The summed E-state index contributed by atoms with van der Waals surface area (Å²) in [4.78, 5) is 12.9. The molecule has 0 unspecified atom stereocenters. The SMILES string of the molecule is CS(=O)(=O)c1cccc(-c2ccc(C[C@@H](C#N)CC(=O)C3(N)CCOCC3)cc2)c1. The van der Waals surface area contributed by atoms with E-state index < -0.39 is 21.3 Å². The molecule has 2 aromatic carbocycles. The molecule has 158 valence electrons. The van der Waals surface area contributed by atoms with Crippen LogP contribution in [-0.2, 0) is 25.8 Å². The number of carbonyl (C=O) groups is 1. The van der Waals surface area contributed by atoms with E-state index in [9.17, 15) is 18.5 Å². The highest BCUT2D eigenvalue weighted by molar-refractivity contribution is 7.90. The molecule has 0 aliphatic carbocycles. The summed E-state index contributed by atoms with van der Waals surface area (Å²) in [7, 11) is -3.27. The van der Waals surface area contributed by atoms with Crippen molar-refractivity contribution in [2.75, 3.05) is 19.5 Å². The van der Waals surface area contributed by atoms with Gasteiger partial charge in [0.05, 0.1) is 22.4 Å². The van der Waals surface area contributed by atoms with Crippen molar-refractivity contribution in [3.05, 3.63) is 54.1 Å². The molecule has 1 atom stereocenters. The van der Waals surface area contributed by atoms with Crippen molar-refractivity contribution in [1.29, 1.82) is 5.26 Å². The van der Waals surface area contributed by atoms with Crippen molar-refractivity contribution in [2.24, 2.45) is 11.7 Å². The standard InChI is InChI=1S/C23H26N2O4S/c1-30(27,28)21-4-2-3-20(15-21)19-7-5-17(6-8-19)13-18(16-24)14-22(26)23(25)9-11-29-12-10-23/h2-8,15,18H,9-14,25H2,1H3/t18-/m1/s1. The smallest absolute Gasteiger partial charge is 0.175 e. The second kappa shape index (κ2) is 9.09. The third-order valence-corrected chi connectivity index (χ3v) is 6.70. The van der Waals surface area contributed by atoms with Crippen LogP contribution in [0, 0.1) is 17.2 Å². The van der Waals surface area contributed by atoms with Gasteiger partial charge in [-0.05, 0) is 48.1 Å².